The van der Waals surface area contributed by atoms with E-state index in [0.29, 0.717) is 12.6 Å². The number of nitrogens with zero attached hydrogens (tertiary/aromatic N) is 2. The molecule has 1 aliphatic rings. The fourth-order valence-electron chi connectivity index (χ4n) is 3.39. The van der Waals surface area contributed by atoms with Crippen LogP contribution in [0.15, 0.2) is 29.3 Å². The fourth-order valence-corrected chi connectivity index (χ4v) is 3.39. The third-order valence-electron chi connectivity index (χ3n) is 4.90. The average Bonchev–Trinajstić information content (AvgIpc) is 2.62. The van der Waals surface area contributed by atoms with Crippen LogP contribution < -0.4 is 10.6 Å². The highest BCUT2D eigenvalue weighted by molar-refractivity contribution is 14.0. The number of nitrogens with one attached hydrogen (secondary N) is 2. The predicted octanol–water partition coefficient (Wildman–Crippen LogP) is 3.38. The van der Waals surface area contributed by atoms with Crippen LogP contribution in [0, 0.1) is 0 Å². The molecule has 1 heterocycles. The molecule has 2 unspecified atom stereocenters. The second-order valence-electron chi connectivity index (χ2n) is 7.01. The maximum atomic E-state index is 5.17. The van der Waals surface area contributed by atoms with Crippen molar-refractivity contribution in [2.75, 3.05) is 27.3 Å². The number of methoxy groups -OCH3 is 1. The molecule has 0 bridgehead atoms. The molecule has 0 saturated carbocycles. The number of aliphatic imine (C=N–C) groups is 1. The molecule has 6 heteroatoms. The Bertz CT molecular complexity index is 552. The molecule has 148 valence electrons. The van der Waals surface area contributed by atoms with Gasteiger partial charge >= 0.3 is 0 Å². The minimum absolute atomic E-state index is 0. The zero-order valence-electron chi connectivity index (χ0n) is 16.6. The standard InChI is InChI=1S/C20H34N4O.HI/c1-16(15-25-4)23-20(21-3)22-13-18-10-5-6-11-19(18)14-24-12-8-7-9-17(24)2;/h5-6,10-11,16-17H,7-9,12-15H2,1-4H3,(H2,21,22,23);1H. The number of ether oxygens (including phenoxy) is 1. The van der Waals surface area contributed by atoms with Crippen LogP contribution in [0.25, 0.3) is 0 Å². The van der Waals surface area contributed by atoms with Gasteiger partial charge in [-0.2, -0.15) is 0 Å². The lowest BCUT2D eigenvalue weighted by molar-refractivity contribution is 0.152. The first-order chi connectivity index (χ1) is 12.1. The van der Waals surface area contributed by atoms with Gasteiger partial charge in [-0.25, -0.2) is 0 Å². The summed E-state index contributed by atoms with van der Waals surface area (Å²) in [4.78, 5) is 6.92. The summed E-state index contributed by atoms with van der Waals surface area (Å²) >= 11 is 0. The maximum Gasteiger partial charge on any atom is 0.191 e. The number of likely N-dealkylation sites (tertiary alicyclic amines) is 1. The van der Waals surface area contributed by atoms with Crippen LogP contribution in [0.3, 0.4) is 0 Å². The molecule has 0 aromatic heterocycles. The van der Waals surface area contributed by atoms with E-state index < -0.39 is 0 Å². The van der Waals surface area contributed by atoms with Crippen molar-refractivity contribution in [2.45, 2.75) is 58.3 Å². The smallest absolute Gasteiger partial charge is 0.191 e. The number of rotatable bonds is 7. The van der Waals surface area contributed by atoms with Crippen molar-refractivity contribution >= 4 is 29.9 Å². The van der Waals surface area contributed by atoms with Crippen LogP contribution in [-0.2, 0) is 17.8 Å². The third kappa shape index (κ3) is 7.40. The molecule has 26 heavy (non-hydrogen) atoms. The molecule has 2 rings (SSSR count). The van der Waals surface area contributed by atoms with Gasteiger partial charge < -0.3 is 15.4 Å². The van der Waals surface area contributed by atoms with Gasteiger partial charge in [0.2, 0.25) is 0 Å². The first-order valence-corrected chi connectivity index (χ1v) is 9.41. The zero-order chi connectivity index (χ0) is 18.1. The van der Waals surface area contributed by atoms with E-state index in [1.54, 1.807) is 14.2 Å². The summed E-state index contributed by atoms with van der Waals surface area (Å²) in [5, 5.41) is 6.78. The van der Waals surface area contributed by atoms with Crippen molar-refractivity contribution in [1.29, 1.82) is 0 Å². The topological polar surface area (TPSA) is 48.9 Å². The Kier molecular flexibility index (Phi) is 11.2. The Morgan fingerprint density at radius 1 is 1.31 bits per heavy atom. The Morgan fingerprint density at radius 2 is 2.04 bits per heavy atom. The number of guanidine groups is 1. The van der Waals surface area contributed by atoms with Gasteiger partial charge in [0, 0.05) is 39.3 Å². The first-order valence-electron chi connectivity index (χ1n) is 9.41. The Balaban J connectivity index is 0.00000338. The molecule has 2 N–H and O–H groups in total. The molecule has 1 aliphatic heterocycles. The molecule has 1 aromatic carbocycles. The van der Waals surface area contributed by atoms with Crippen LogP contribution >= 0.6 is 24.0 Å². The van der Waals surface area contributed by atoms with E-state index in [2.05, 4.69) is 58.6 Å². The molecule has 1 fully saturated rings. The van der Waals surface area contributed by atoms with Crippen molar-refractivity contribution in [2.24, 2.45) is 4.99 Å². The summed E-state index contributed by atoms with van der Waals surface area (Å²) in [6, 6.07) is 9.62. The van der Waals surface area contributed by atoms with Gasteiger partial charge in [-0.15, -0.1) is 24.0 Å². The van der Waals surface area contributed by atoms with E-state index in [0.717, 1.165) is 19.0 Å². The second kappa shape index (κ2) is 12.5. The molecular formula is C20H35IN4O. The Morgan fingerprint density at radius 3 is 2.69 bits per heavy atom. The van der Waals surface area contributed by atoms with E-state index >= 15 is 0 Å². The van der Waals surface area contributed by atoms with Crippen molar-refractivity contribution in [3.63, 3.8) is 0 Å². The second-order valence-corrected chi connectivity index (χ2v) is 7.01. The van der Waals surface area contributed by atoms with Gasteiger partial charge in [0.15, 0.2) is 5.96 Å². The number of benzene rings is 1. The summed E-state index contributed by atoms with van der Waals surface area (Å²) in [5.74, 6) is 0.811. The Labute approximate surface area is 176 Å². The van der Waals surface area contributed by atoms with E-state index in [4.69, 9.17) is 4.74 Å². The minimum Gasteiger partial charge on any atom is -0.383 e. The minimum atomic E-state index is 0. The van der Waals surface area contributed by atoms with E-state index in [1.165, 1.54) is 36.9 Å². The highest BCUT2D eigenvalue weighted by Crippen LogP contribution is 2.20. The van der Waals surface area contributed by atoms with Crippen molar-refractivity contribution in [3.8, 4) is 0 Å². The molecular weight excluding hydrogens is 439 g/mol. The van der Waals surface area contributed by atoms with Crippen molar-refractivity contribution in [3.05, 3.63) is 35.4 Å². The van der Waals surface area contributed by atoms with Crippen LogP contribution in [-0.4, -0.2) is 50.3 Å². The Hall–Kier alpha value is -0.860. The molecule has 5 nitrogen and oxygen atoms in total. The monoisotopic (exact) mass is 474 g/mol. The van der Waals surface area contributed by atoms with Gasteiger partial charge in [0.1, 0.15) is 0 Å². The summed E-state index contributed by atoms with van der Waals surface area (Å²) in [5.41, 5.74) is 2.74. The molecule has 1 saturated heterocycles. The van der Waals surface area contributed by atoms with Crippen molar-refractivity contribution < 1.29 is 4.74 Å². The lowest BCUT2D eigenvalue weighted by Gasteiger charge is -2.33. The molecule has 0 aliphatic carbocycles. The third-order valence-corrected chi connectivity index (χ3v) is 4.90. The lowest BCUT2D eigenvalue weighted by atomic mass is 10.0. The fraction of sp³-hybridized carbons (Fsp3) is 0.650. The molecule has 0 spiro atoms. The van der Waals surface area contributed by atoms with Crippen LogP contribution in [0.1, 0.15) is 44.2 Å². The number of piperidine rings is 1. The number of hydrogen-bond donors (Lipinski definition) is 2. The van der Waals surface area contributed by atoms with Gasteiger partial charge in [0.25, 0.3) is 0 Å². The van der Waals surface area contributed by atoms with Crippen LogP contribution in [0.5, 0.6) is 0 Å². The van der Waals surface area contributed by atoms with Gasteiger partial charge in [-0.3, -0.25) is 9.89 Å². The summed E-state index contributed by atoms with van der Waals surface area (Å²) < 4.78 is 5.17. The summed E-state index contributed by atoms with van der Waals surface area (Å²) in [6.07, 6.45) is 4.00. The highest BCUT2D eigenvalue weighted by atomic mass is 127. The maximum absolute atomic E-state index is 5.17. The molecule has 1 aromatic rings. The number of halogens is 1. The quantitative estimate of drug-likeness (QED) is 0.362. The van der Waals surface area contributed by atoms with Crippen LogP contribution in [0.4, 0.5) is 0 Å². The van der Waals surface area contributed by atoms with E-state index in [9.17, 15) is 0 Å². The van der Waals surface area contributed by atoms with Gasteiger partial charge in [-0.1, -0.05) is 30.7 Å². The first kappa shape index (κ1) is 23.2. The van der Waals surface area contributed by atoms with Crippen molar-refractivity contribution in [1.82, 2.24) is 15.5 Å². The molecule has 0 radical (unpaired) electrons. The molecule has 0 amide bonds. The van der Waals surface area contributed by atoms with Crippen LogP contribution in [0.2, 0.25) is 0 Å². The van der Waals surface area contributed by atoms with Gasteiger partial charge in [-0.05, 0) is 44.4 Å². The summed E-state index contributed by atoms with van der Waals surface area (Å²) in [6.45, 7) is 8.11. The highest BCUT2D eigenvalue weighted by Gasteiger charge is 2.19. The zero-order valence-corrected chi connectivity index (χ0v) is 19.0. The SMILES string of the molecule is CN=C(NCc1ccccc1CN1CCCCC1C)NC(C)COC.I. The van der Waals surface area contributed by atoms with Gasteiger partial charge in [0.05, 0.1) is 6.61 Å². The summed E-state index contributed by atoms with van der Waals surface area (Å²) in [7, 11) is 3.52. The van der Waals surface area contributed by atoms with E-state index in [-0.39, 0.29) is 30.0 Å². The number of hydrogen-bond acceptors (Lipinski definition) is 3. The van der Waals surface area contributed by atoms with E-state index in [1.807, 2.05) is 0 Å². The predicted molar refractivity (Wildman–Crippen MR) is 120 cm³/mol. The lowest BCUT2D eigenvalue weighted by Crippen LogP contribution is -2.43. The molecule has 2 atom stereocenters. The average molecular weight is 474 g/mol. The normalized spacial score (nSPS) is 19.5. The largest absolute Gasteiger partial charge is 0.383 e.